The number of anilines is 1. The molecule has 0 spiro atoms. The molecule has 0 bridgehead atoms. The van der Waals surface area contributed by atoms with Crippen molar-refractivity contribution < 1.29 is 27.9 Å². The average molecular weight is 346 g/mol. The first kappa shape index (κ1) is 17.2. The van der Waals surface area contributed by atoms with Crippen molar-refractivity contribution in [3.8, 4) is 0 Å². The minimum atomic E-state index is -5.11. The van der Waals surface area contributed by atoms with E-state index in [9.17, 15) is 22.8 Å². The molecule has 0 unspecified atom stereocenters. The Morgan fingerprint density at radius 2 is 1.83 bits per heavy atom. The number of hydrogen-bond donors (Lipinski definition) is 2. The predicted octanol–water partition coefficient (Wildman–Crippen LogP) is 3.79. The largest absolute Gasteiger partial charge is 0.477 e. The van der Waals surface area contributed by atoms with Gasteiger partial charge >= 0.3 is 18.1 Å². The number of hydrogen-bond acceptors (Lipinski definition) is 4. The minimum absolute atomic E-state index is 0.165. The Kier molecular flexibility index (Phi) is 4.10. The first-order valence-electron chi connectivity index (χ1n) is 6.46. The van der Waals surface area contributed by atoms with E-state index in [0.29, 0.717) is 5.69 Å². The highest BCUT2D eigenvalue weighted by Crippen LogP contribution is 2.37. The molecule has 0 atom stereocenters. The molecule has 23 heavy (non-hydrogen) atoms. The summed E-state index contributed by atoms with van der Waals surface area (Å²) in [5.74, 6) is -3.65. The van der Waals surface area contributed by atoms with Crippen LogP contribution in [0.3, 0.4) is 0 Å². The van der Waals surface area contributed by atoms with Crippen molar-refractivity contribution in [2.24, 2.45) is 0 Å². The maximum absolute atomic E-state index is 12.4. The fourth-order valence-electron chi connectivity index (χ4n) is 1.86. The van der Waals surface area contributed by atoms with Crippen LogP contribution >= 0.6 is 11.3 Å². The number of nitrogens with zero attached hydrogens (tertiary/aromatic N) is 1. The number of thiophene rings is 1. The fourth-order valence-corrected chi connectivity index (χ4v) is 2.82. The Hall–Kier alpha value is -2.16. The van der Waals surface area contributed by atoms with Gasteiger partial charge in [0.15, 0.2) is 0 Å². The number of alkyl halides is 3. The van der Waals surface area contributed by atoms with Crippen molar-refractivity contribution in [2.45, 2.75) is 32.4 Å². The van der Waals surface area contributed by atoms with Crippen LogP contribution in [0.1, 0.15) is 36.1 Å². The molecule has 2 rings (SSSR count). The third kappa shape index (κ3) is 3.44. The maximum atomic E-state index is 12.4. The van der Waals surface area contributed by atoms with Gasteiger partial charge in [0.2, 0.25) is 0 Å². The second-order valence-electron chi connectivity index (χ2n) is 5.86. The molecule has 124 valence electrons. The van der Waals surface area contributed by atoms with Gasteiger partial charge in [0.1, 0.15) is 9.71 Å². The number of halogens is 3. The smallest absolute Gasteiger partial charge is 0.471 e. The zero-order valence-corrected chi connectivity index (χ0v) is 13.2. The summed E-state index contributed by atoms with van der Waals surface area (Å²) in [6.07, 6.45) is -5.11. The van der Waals surface area contributed by atoms with Crippen LogP contribution in [0.25, 0.3) is 10.2 Å². The van der Waals surface area contributed by atoms with Gasteiger partial charge in [-0.25, -0.2) is 9.78 Å². The molecule has 2 aromatic rings. The summed E-state index contributed by atoms with van der Waals surface area (Å²) in [6, 6.07) is 3.07. The van der Waals surface area contributed by atoms with Crippen LogP contribution in [0.5, 0.6) is 0 Å². The summed E-state index contributed by atoms with van der Waals surface area (Å²) in [4.78, 5) is 26.6. The minimum Gasteiger partial charge on any atom is -0.477 e. The van der Waals surface area contributed by atoms with Gasteiger partial charge in [-0.15, -0.1) is 11.3 Å². The first-order chi connectivity index (χ1) is 10.4. The lowest BCUT2D eigenvalue weighted by Crippen LogP contribution is -2.30. The van der Waals surface area contributed by atoms with Crippen molar-refractivity contribution in [3.63, 3.8) is 0 Å². The average Bonchev–Trinajstić information content (AvgIpc) is 2.75. The van der Waals surface area contributed by atoms with Gasteiger partial charge in [0.05, 0.1) is 5.69 Å². The molecule has 0 aliphatic rings. The van der Waals surface area contributed by atoms with E-state index in [1.54, 1.807) is 11.4 Å². The van der Waals surface area contributed by atoms with E-state index in [1.165, 1.54) is 6.07 Å². The lowest BCUT2D eigenvalue weighted by molar-refractivity contribution is -0.167. The van der Waals surface area contributed by atoms with Gasteiger partial charge in [-0.3, -0.25) is 4.79 Å². The highest BCUT2D eigenvalue weighted by Gasteiger charge is 2.40. The second kappa shape index (κ2) is 5.48. The lowest BCUT2D eigenvalue weighted by atomic mass is 9.91. The molecule has 0 saturated heterocycles. The van der Waals surface area contributed by atoms with Gasteiger partial charge in [0.25, 0.3) is 0 Å². The number of rotatable bonds is 2. The molecule has 9 heteroatoms. The molecular weight excluding hydrogens is 333 g/mol. The Labute approximate surface area is 133 Å². The molecule has 2 aromatic heterocycles. The van der Waals surface area contributed by atoms with Crippen LogP contribution in [-0.2, 0) is 10.2 Å². The summed E-state index contributed by atoms with van der Waals surface area (Å²) >= 11 is 0.722. The second-order valence-corrected chi connectivity index (χ2v) is 6.86. The number of nitrogens with one attached hydrogen (secondary N) is 1. The standard InChI is InChI=1S/C14H13F3N2O3S/c1-13(2,3)7-5-4-6-8(19-12(22)14(15,16)17)9(11(20)21)23-10(6)18-7/h4-5H,1-3H3,(H,19,22)(H,20,21). The molecule has 1 amide bonds. The number of pyridine rings is 1. The molecular formula is C14H13F3N2O3S. The van der Waals surface area contributed by atoms with Crippen LogP contribution in [0.2, 0.25) is 0 Å². The molecule has 2 heterocycles. The quantitative estimate of drug-likeness (QED) is 0.867. The Bertz CT molecular complexity index is 791. The highest BCUT2D eigenvalue weighted by molar-refractivity contribution is 7.21. The maximum Gasteiger partial charge on any atom is 0.471 e. The Morgan fingerprint density at radius 3 is 2.30 bits per heavy atom. The molecule has 5 nitrogen and oxygen atoms in total. The highest BCUT2D eigenvalue weighted by atomic mass is 32.1. The summed E-state index contributed by atoms with van der Waals surface area (Å²) in [6.45, 7) is 5.71. The Balaban J connectivity index is 2.60. The molecule has 0 saturated carbocycles. The van der Waals surface area contributed by atoms with Crippen molar-refractivity contribution in [1.82, 2.24) is 4.98 Å². The molecule has 0 aromatic carbocycles. The third-order valence-electron chi connectivity index (χ3n) is 3.01. The van der Waals surface area contributed by atoms with E-state index in [4.69, 9.17) is 5.11 Å². The topological polar surface area (TPSA) is 79.3 Å². The number of carboxylic acid groups (broad SMARTS) is 1. The van der Waals surface area contributed by atoms with Gasteiger partial charge in [-0.05, 0) is 12.1 Å². The van der Waals surface area contributed by atoms with Crippen molar-refractivity contribution in [2.75, 3.05) is 5.32 Å². The van der Waals surface area contributed by atoms with E-state index in [1.807, 2.05) is 20.8 Å². The normalized spacial score (nSPS) is 12.4. The van der Waals surface area contributed by atoms with Crippen LogP contribution in [0.15, 0.2) is 12.1 Å². The third-order valence-corrected chi connectivity index (χ3v) is 4.10. The number of aromatic carboxylic acids is 1. The van der Waals surface area contributed by atoms with E-state index in [-0.39, 0.29) is 21.3 Å². The number of carboxylic acids is 1. The number of aromatic nitrogens is 1. The first-order valence-corrected chi connectivity index (χ1v) is 7.28. The summed E-state index contributed by atoms with van der Waals surface area (Å²) in [5.41, 5.74) is -0.0265. The predicted molar refractivity (Wildman–Crippen MR) is 80.0 cm³/mol. The van der Waals surface area contributed by atoms with Gasteiger partial charge in [-0.2, -0.15) is 13.2 Å². The van der Waals surface area contributed by atoms with Gasteiger partial charge in [0, 0.05) is 16.5 Å². The van der Waals surface area contributed by atoms with E-state index in [2.05, 4.69) is 4.98 Å². The van der Waals surface area contributed by atoms with Gasteiger partial charge < -0.3 is 10.4 Å². The summed E-state index contributed by atoms with van der Waals surface area (Å²) in [5, 5.41) is 11.0. The fraction of sp³-hybridized carbons (Fsp3) is 0.357. The van der Waals surface area contributed by atoms with Gasteiger partial charge in [-0.1, -0.05) is 20.8 Å². The van der Waals surface area contributed by atoms with Crippen molar-refractivity contribution in [1.29, 1.82) is 0 Å². The number of carbonyl (C=O) groups excluding carboxylic acids is 1. The van der Waals surface area contributed by atoms with E-state index < -0.39 is 22.9 Å². The van der Waals surface area contributed by atoms with Crippen LogP contribution in [0, 0.1) is 0 Å². The molecule has 0 fully saturated rings. The molecule has 0 aliphatic carbocycles. The lowest BCUT2D eigenvalue weighted by Gasteiger charge is -2.17. The van der Waals surface area contributed by atoms with E-state index >= 15 is 0 Å². The zero-order valence-electron chi connectivity index (χ0n) is 12.4. The summed E-state index contributed by atoms with van der Waals surface area (Å²) in [7, 11) is 0. The molecule has 2 N–H and O–H groups in total. The SMILES string of the molecule is CC(C)(C)c1ccc2c(NC(=O)C(F)(F)F)c(C(=O)O)sc2n1. The number of carbonyl (C=O) groups is 2. The van der Waals surface area contributed by atoms with Crippen LogP contribution in [-0.4, -0.2) is 28.1 Å². The van der Waals surface area contributed by atoms with Crippen molar-refractivity contribution in [3.05, 3.63) is 22.7 Å². The molecule has 0 radical (unpaired) electrons. The molecule has 0 aliphatic heterocycles. The van der Waals surface area contributed by atoms with Crippen LogP contribution < -0.4 is 5.32 Å². The number of fused-ring (bicyclic) bond motifs is 1. The number of amides is 1. The zero-order chi connectivity index (χ0) is 17.6. The Morgan fingerprint density at radius 1 is 1.22 bits per heavy atom. The van der Waals surface area contributed by atoms with Crippen molar-refractivity contribution >= 4 is 39.1 Å². The van der Waals surface area contributed by atoms with Crippen LogP contribution in [0.4, 0.5) is 18.9 Å². The monoisotopic (exact) mass is 346 g/mol. The summed E-state index contributed by atoms with van der Waals surface area (Å²) < 4.78 is 37.3. The van der Waals surface area contributed by atoms with E-state index in [0.717, 1.165) is 11.3 Å².